The zero-order chi connectivity index (χ0) is 26.4. The first-order valence-electron chi connectivity index (χ1n) is 11.1. The van der Waals surface area contributed by atoms with E-state index in [0.717, 1.165) is 18.2 Å². The van der Waals surface area contributed by atoms with Crippen molar-refractivity contribution in [3.8, 4) is 17.0 Å². The Morgan fingerprint density at radius 1 is 1.05 bits per heavy atom. The van der Waals surface area contributed by atoms with Gasteiger partial charge in [-0.05, 0) is 48.4 Å². The highest BCUT2D eigenvalue weighted by Gasteiger charge is 2.33. The number of aromatic nitrogens is 3. The van der Waals surface area contributed by atoms with Gasteiger partial charge in [-0.3, -0.25) is 9.40 Å². The highest BCUT2D eigenvalue weighted by molar-refractivity contribution is 7.92. The molecule has 0 saturated heterocycles. The molecule has 0 amide bonds. The smallest absolute Gasteiger partial charge is 0.416 e. The summed E-state index contributed by atoms with van der Waals surface area (Å²) in [5.74, 6) is -1.08. The number of hydrogen-bond donors (Lipinski definition) is 1. The van der Waals surface area contributed by atoms with Crippen molar-refractivity contribution in [1.29, 1.82) is 0 Å². The maximum absolute atomic E-state index is 13.5. The largest absolute Gasteiger partial charge is 0.493 e. The van der Waals surface area contributed by atoms with E-state index >= 15 is 0 Å². The molecule has 0 radical (unpaired) electrons. The third-order valence-corrected chi connectivity index (χ3v) is 7.49. The first-order chi connectivity index (χ1) is 17.5. The van der Waals surface area contributed by atoms with Gasteiger partial charge in [-0.15, -0.1) is 0 Å². The van der Waals surface area contributed by atoms with Crippen LogP contribution < -0.4 is 9.46 Å². The normalized spacial score (nSPS) is 15.6. The van der Waals surface area contributed by atoms with Crippen LogP contribution in [-0.4, -0.2) is 29.8 Å². The Bertz CT molecular complexity index is 1590. The highest BCUT2D eigenvalue weighted by Crippen LogP contribution is 2.44. The van der Waals surface area contributed by atoms with Gasteiger partial charge >= 0.3 is 6.18 Å². The summed E-state index contributed by atoms with van der Waals surface area (Å²) in [5.41, 5.74) is 1.39. The molecule has 1 atom stereocenters. The molecule has 4 aromatic rings. The quantitative estimate of drug-likeness (QED) is 0.277. The van der Waals surface area contributed by atoms with Gasteiger partial charge in [0.05, 0.1) is 22.8 Å². The molecule has 2 aromatic heterocycles. The Balaban J connectivity index is 1.55. The number of hydrogen-bond acceptors (Lipinski definition) is 5. The van der Waals surface area contributed by atoms with Crippen LogP contribution in [-0.2, 0) is 23.2 Å². The van der Waals surface area contributed by atoms with E-state index < -0.39 is 27.7 Å². The van der Waals surface area contributed by atoms with Crippen molar-refractivity contribution >= 4 is 15.8 Å². The number of aryl methyl sites for hydroxylation is 1. The van der Waals surface area contributed by atoms with Gasteiger partial charge in [-0.25, -0.2) is 13.4 Å². The number of sulfonamides is 1. The second-order valence-corrected chi connectivity index (χ2v) is 10.2. The molecule has 192 valence electrons. The number of alkyl halides is 3. The van der Waals surface area contributed by atoms with E-state index in [9.17, 15) is 26.0 Å². The van der Waals surface area contributed by atoms with Crippen LogP contribution in [0.15, 0.2) is 71.8 Å². The van der Waals surface area contributed by atoms with Crippen LogP contribution in [0.3, 0.4) is 0 Å². The Hall–Kier alpha value is -3.93. The van der Waals surface area contributed by atoms with Crippen molar-refractivity contribution in [2.75, 3.05) is 11.3 Å². The SMILES string of the molecule is Cn1nccc1-c1cc(C(F)(F)F)ccc1[C@@H]1CCOc2cc(S(=O)(=O)Nc3cccc(F)n3)ccc21. The molecule has 5 rings (SSSR count). The lowest BCUT2D eigenvalue weighted by Gasteiger charge is -2.28. The van der Waals surface area contributed by atoms with E-state index in [4.69, 9.17) is 4.74 Å². The van der Waals surface area contributed by atoms with E-state index in [2.05, 4.69) is 14.8 Å². The van der Waals surface area contributed by atoms with Gasteiger partial charge in [0.1, 0.15) is 11.6 Å². The summed E-state index contributed by atoms with van der Waals surface area (Å²) >= 11 is 0. The standard InChI is InChI=1S/C25H20F4N4O3S/c1-33-21(9-11-30-33)20-13-15(25(27,28)29)5-7-17(20)18-10-12-36-22-14-16(6-8-19(18)22)37(34,35)32-24-4-2-3-23(26)31-24/h2-9,11,13-14,18H,10,12H2,1H3,(H,31,32)/t18-/m0/s1. The lowest BCUT2D eigenvalue weighted by atomic mass is 9.83. The molecule has 1 aliphatic heterocycles. The van der Waals surface area contributed by atoms with Crippen molar-refractivity contribution in [1.82, 2.24) is 14.8 Å². The van der Waals surface area contributed by atoms with Crippen LogP contribution >= 0.6 is 0 Å². The average molecular weight is 533 g/mol. The Labute approximate surface area is 209 Å². The first kappa shape index (κ1) is 24.8. The molecule has 3 heterocycles. The van der Waals surface area contributed by atoms with Gasteiger partial charge in [-0.2, -0.15) is 22.7 Å². The summed E-state index contributed by atoms with van der Waals surface area (Å²) in [5, 5.41) is 4.10. The summed E-state index contributed by atoms with van der Waals surface area (Å²) in [4.78, 5) is 3.39. The van der Waals surface area contributed by atoms with Crippen molar-refractivity contribution in [3.63, 3.8) is 0 Å². The van der Waals surface area contributed by atoms with Gasteiger partial charge in [0, 0.05) is 36.4 Å². The summed E-state index contributed by atoms with van der Waals surface area (Å²) in [7, 11) is -2.46. The number of anilines is 1. The van der Waals surface area contributed by atoms with Crippen LogP contribution in [0.4, 0.5) is 23.4 Å². The van der Waals surface area contributed by atoms with E-state index in [1.165, 1.54) is 41.2 Å². The number of fused-ring (bicyclic) bond motifs is 1. The lowest BCUT2D eigenvalue weighted by molar-refractivity contribution is -0.137. The van der Waals surface area contributed by atoms with E-state index in [-0.39, 0.29) is 23.2 Å². The van der Waals surface area contributed by atoms with E-state index in [0.29, 0.717) is 34.6 Å². The van der Waals surface area contributed by atoms with Crippen LogP contribution in [0, 0.1) is 5.95 Å². The zero-order valence-corrected chi connectivity index (χ0v) is 20.1. The predicted molar refractivity (Wildman–Crippen MR) is 127 cm³/mol. The fraction of sp³-hybridized carbons (Fsp3) is 0.200. The van der Waals surface area contributed by atoms with Crippen molar-refractivity contribution < 1.29 is 30.7 Å². The molecule has 37 heavy (non-hydrogen) atoms. The molecule has 7 nitrogen and oxygen atoms in total. The summed E-state index contributed by atoms with van der Waals surface area (Å²) < 4.78 is 89.2. The molecule has 0 bridgehead atoms. The molecular formula is C25H20F4N4O3S. The number of halogens is 4. The minimum absolute atomic E-state index is 0.128. The number of ether oxygens (including phenoxy) is 1. The molecule has 12 heteroatoms. The molecule has 0 fully saturated rings. The van der Waals surface area contributed by atoms with Gasteiger partial charge < -0.3 is 4.74 Å². The Kier molecular flexibility index (Phi) is 6.14. The lowest BCUT2D eigenvalue weighted by Crippen LogP contribution is -2.19. The first-order valence-corrected chi connectivity index (χ1v) is 12.6. The maximum Gasteiger partial charge on any atom is 0.416 e. The maximum atomic E-state index is 13.5. The number of nitrogens with one attached hydrogen (secondary N) is 1. The second-order valence-electron chi connectivity index (χ2n) is 8.48. The third kappa shape index (κ3) is 4.88. The minimum Gasteiger partial charge on any atom is -0.493 e. The van der Waals surface area contributed by atoms with Gasteiger partial charge in [-0.1, -0.05) is 18.2 Å². The molecule has 1 aliphatic rings. The van der Waals surface area contributed by atoms with Crippen LogP contribution in [0.1, 0.15) is 29.0 Å². The molecular weight excluding hydrogens is 512 g/mol. The molecule has 0 aliphatic carbocycles. The molecule has 0 unspecified atom stereocenters. The van der Waals surface area contributed by atoms with Crippen LogP contribution in [0.2, 0.25) is 0 Å². The summed E-state index contributed by atoms with van der Waals surface area (Å²) in [6.45, 7) is 0.228. The van der Waals surface area contributed by atoms with Crippen molar-refractivity contribution in [2.45, 2.75) is 23.4 Å². The fourth-order valence-electron chi connectivity index (χ4n) is 4.42. The number of pyridine rings is 1. The fourth-order valence-corrected chi connectivity index (χ4v) is 5.43. The van der Waals surface area contributed by atoms with Crippen molar-refractivity contribution in [3.05, 3.63) is 89.5 Å². The predicted octanol–water partition coefficient (Wildman–Crippen LogP) is 5.36. The summed E-state index contributed by atoms with van der Waals surface area (Å²) in [6, 6.07) is 13.3. The van der Waals surface area contributed by atoms with Crippen LogP contribution in [0.25, 0.3) is 11.3 Å². The summed E-state index contributed by atoms with van der Waals surface area (Å²) in [6.07, 6.45) is -2.54. The van der Waals surface area contributed by atoms with Gasteiger partial charge in [0.15, 0.2) is 0 Å². The van der Waals surface area contributed by atoms with E-state index in [1.807, 2.05) is 0 Å². The molecule has 0 saturated carbocycles. The third-order valence-electron chi connectivity index (χ3n) is 6.14. The topological polar surface area (TPSA) is 86.1 Å². The highest BCUT2D eigenvalue weighted by atomic mass is 32.2. The molecule has 2 aromatic carbocycles. The second kappa shape index (κ2) is 9.18. The molecule has 0 spiro atoms. The zero-order valence-electron chi connectivity index (χ0n) is 19.3. The monoisotopic (exact) mass is 532 g/mol. The Morgan fingerprint density at radius 3 is 2.54 bits per heavy atom. The number of benzene rings is 2. The van der Waals surface area contributed by atoms with Gasteiger partial charge in [0.25, 0.3) is 10.0 Å². The van der Waals surface area contributed by atoms with Crippen LogP contribution in [0.5, 0.6) is 5.75 Å². The Morgan fingerprint density at radius 2 is 1.84 bits per heavy atom. The van der Waals surface area contributed by atoms with Crippen molar-refractivity contribution in [2.24, 2.45) is 7.05 Å². The number of nitrogens with zero attached hydrogens (tertiary/aromatic N) is 3. The number of rotatable bonds is 5. The van der Waals surface area contributed by atoms with Gasteiger partial charge in [0.2, 0.25) is 5.95 Å². The average Bonchev–Trinajstić information content (AvgIpc) is 3.27. The minimum atomic E-state index is -4.52. The molecule has 1 N–H and O–H groups in total. The van der Waals surface area contributed by atoms with E-state index in [1.54, 1.807) is 19.2 Å².